The summed E-state index contributed by atoms with van der Waals surface area (Å²) in [5.41, 5.74) is 3.93. The Labute approximate surface area is 196 Å². The van der Waals surface area contributed by atoms with Crippen molar-refractivity contribution in [3.63, 3.8) is 0 Å². The molecule has 0 aliphatic rings. The topological polar surface area (TPSA) is 41.9 Å². The van der Waals surface area contributed by atoms with E-state index < -0.39 is 0 Å². The van der Waals surface area contributed by atoms with E-state index in [2.05, 4.69) is 0 Å². The first-order valence-electron chi connectivity index (χ1n) is 10.1. The van der Waals surface area contributed by atoms with Crippen LogP contribution >= 0.6 is 23.2 Å². The summed E-state index contributed by atoms with van der Waals surface area (Å²) in [5.74, 6) is -0.0984. The molecule has 0 N–H and O–H groups in total. The maximum absolute atomic E-state index is 12.4. The Morgan fingerprint density at radius 3 is 1.31 bits per heavy atom. The minimum Gasteiger partial charge on any atom is -0.219 e. The van der Waals surface area contributed by atoms with E-state index >= 15 is 0 Å². The van der Waals surface area contributed by atoms with Crippen LogP contribution in [-0.2, 0) is 12.8 Å². The van der Waals surface area contributed by atoms with E-state index in [4.69, 9.17) is 23.2 Å². The molecule has 0 aliphatic carbocycles. The number of benzene rings is 2. The maximum Gasteiger partial charge on any atom is 0.396 e. The van der Waals surface area contributed by atoms with Gasteiger partial charge >= 0.3 is 11.8 Å². The fraction of sp³-hybridized carbons (Fsp3) is 0.0769. The molecule has 0 bridgehead atoms. The summed E-state index contributed by atoms with van der Waals surface area (Å²) in [7, 11) is 0. The summed E-state index contributed by atoms with van der Waals surface area (Å²) < 4.78 is 3.00. The molecule has 2 aromatic carbocycles. The van der Waals surface area contributed by atoms with Crippen molar-refractivity contribution in [2.75, 3.05) is 0 Å². The first-order valence-corrected chi connectivity index (χ1v) is 10.8. The zero-order valence-electron chi connectivity index (χ0n) is 17.1. The Bertz CT molecular complexity index is 1170. The van der Waals surface area contributed by atoms with Crippen molar-refractivity contribution in [2.24, 2.45) is 0 Å². The highest BCUT2D eigenvalue weighted by atomic mass is 35.5. The van der Waals surface area contributed by atoms with Gasteiger partial charge in [-0.25, -0.2) is 9.59 Å². The van der Waals surface area contributed by atoms with Crippen molar-refractivity contribution < 1.29 is 18.7 Å². The van der Waals surface area contributed by atoms with Crippen molar-refractivity contribution in [2.45, 2.75) is 12.8 Å². The molecule has 32 heavy (non-hydrogen) atoms. The predicted octanol–water partition coefficient (Wildman–Crippen LogP) is 5.00. The molecule has 2 heterocycles. The van der Waals surface area contributed by atoms with E-state index in [1.54, 1.807) is 49.1 Å². The lowest BCUT2D eigenvalue weighted by atomic mass is 10.0. The standard InChI is InChI=1S/C26H20Cl2N2O2/c27-23-3-1-13-29(17-23)25(31)15-19-5-9-21(10-6-19)22-11-7-20(8-12-22)16-26(32)30-14-2-4-24(28)18-30/h1-14,17-18H,15-16H2/q+2. The van der Waals surface area contributed by atoms with Crippen molar-refractivity contribution in [1.82, 2.24) is 0 Å². The second-order valence-electron chi connectivity index (χ2n) is 7.39. The molecule has 0 radical (unpaired) electrons. The van der Waals surface area contributed by atoms with Crippen LogP contribution in [0.15, 0.2) is 97.6 Å². The molecule has 0 unspecified atom stereocenters. The summed E-state index contributed by atoms with van der Waals surface area (Å²) in [4.78, 5) is 24.9. The van der Waals surface area contributed by atoms with Gasteiger partial charge in [0.25, 0.3) is 0 Å². The molecule has 158 valence electrons. The third-order valence-electron chi connectivity index (χ3n) is 5.06. The molecule has 0 saturated heterocycles. The van der Waals surface area contributed by atoms with Gasteiger partial charge in [-0.15, -0.1) is 9.13 Å². The van der Waals surface area contributed by atoms with Crippen molar-refractivity contribution in [3.8, 4) is 11.1 Å². The highest BCUT2D eigenvalue weighted by Gasteiger charge is 2.16. The largest absolute Gasteiger partial charge is 0.396 e. The molecule has 0 fully saturated rings. The van der Waals surface area contributed by atoms with E-state index in [0.29, 0.717) is 10.0 Å². The van der Waals surface area contributed by atoms with Crippen LogP contribution < -0.4 is 9.13 Å². The molecular weight excluding hydrogens is 443 g/mol. The lowest BCUT2D eigenvalue weighted by Gasteiger charge is -2.05. The number of aromatic nitrogens is 2. The van der Waals surface area contributed by atoms with Gasteiger partial charge in [0.2, 0.25) is 0 Å². The quantitative estimate of drug-likeness (QED) is 0.391. The van der Waals surface area contributed by atoms with E-state index in [0.717, 1.165) is 22.3 Å². The third kappa shape index (κ3) is 5.47. The summed E-state index contributed by atoms with van der Waals surface area (Å²) >= 11 is 11.9. The van der Waals surface area contributed by atoms with Gasteiger partial charge in [-0.05, 0) is 34.4 Å². The van der Waals surface area contributed by atoms with Gasteiger partial charge < -0.3 is 0 Å². The molecular formula is C26H20Cl2N2O2+2. The Kier molecular flexibility index (Phi) is 6.74. The Hall–Kier alpha value is -3.34. The third-order valence-corrected chi connectivity index (χ3v) is 5.50. The Morgan fingerprint density at radius 1 is 0.594 bits per heavy atom. The first kappa shape index (κ1) is 21.9. The van der Waals surface area contributed by atoms with E-state index in [9.17, 15) is 9.59 Å². The summed E-state index contributed by atoms with van der Waals surface area (Å²) in [6.07, 6.45) is 7.17. The van der Waals surface area contributed by atoms with E-state index in [1.807, 2.05) is 48.5 Å². The van der Waals surface area contributed by atoms with Gasteiger partial charge in [0.1, 0.15) is 10.0 Å². The molecule has 0 spiro atoms. The van der Waals surface area contributed by atoms with E-state index in [-0.39, 0.29) is 24.7 Å². The minimum atomic E-state index is -0.0492. The SMILES string of the molecule is O=C(Cc1ccc(-c2ccc(CC(=O)[n+]3cccc(Cl)c3)cc2)cc1)[n+]1cccc(Cl)c1. The first-order chi connectivity index (χ1) is 15.5. The van der Waals surface area contributed by atoms with E-state index in [1.165, 1.54) is 9.13 Å². The number of nitrogens with zero attached hydrogens (tertiary/aromatic N) is 2. The normalized spacial score (nSPS) is 10.7. The van der Waals surface area contributed by atoms with Gasteiger partial charge in [0, 0.05) is 12.1 Å². The smallest absolute Gasteiger partial charge is 0.219 e. The molecule has 4 rings (SSSR count). The molecule has 4 nitrogen and oxygen atoms in total. The number of carbonyl (C=O) groups excluding carboxylic acids is 2. The molecule has 0 saturated carbocycles. The Balaban J connectivity index is 1.41. The molecule has 6 heteroatoms. The van der Waals surface area contributed by atoms with Crippen LogP contribution in [0, 0.1) is 0 Å². The highest BCUT2D eigenvalue weighted by Crippen LogP contribution is 2.21. The number of halogens is 2. The highest BCUT2D eigenvalue weighted by molar-refractivity contribution is 6.30. The van der Waals surface area contributed by atoms with Gasteiger partial charge in [-0.2, -0.15) is 0 Å². The van der Waals surface area contributed by atoms with Crippen LogP contribution in [0.3, 0.4) is 0 Å². The Morgan fingerprint density at radius 2 is 0.969 bits per heavy atom. The van der Waals surface area contributed by atoms with Crippen LogP contribution in [0.25, 0.3) is 11.1 Å². The fourth-order valence-electron chi connectivity index (χ4n) is 3.37. The van der Waals surface area contributed by atoms with Crippen molar-refractivity contribution >= 4 is 35.0 Å². The fourth-order valence-corrected chi connectivity index (χ4v) is 3.72. The number of rotatable bonds is 5. The van der Waals surface area contributed by atoms with Crippen LogP contribution in [0.1, 0.15) is 20.7 Å². The van der Waals surface area contributed by atoms with Gasteiger partial charge in [-0.1, -0.05) is 71.7 Å². The van der Waals surface area contributed by atoms with Crippen molar-refractivity contribution in [1.29, 1.82) is 0 Å². The number of hydrogen-bond donors (Lipinski definition) is 0. The summed E-state index contributed by atoms with van der Waals surface area (Å²) in [5, 5.41) is 1.04. The number of carbonyl (C=O) groups is 2. The zero-order chi connectivity index (χ0) is 22.5. The lowest BCUT2D eigenvalue weighted by Crippen LogP contribution is -2.42. The summed E-state index contributed by atoms with van der Waals surface area (Å²) in [6.45, 7) is 0. The average Bonchev–Trinajstić information content (AvgIpc) is 2.80. The van der Waals surface area contributed by atoms with Crippen LogP contribution in [0.4, 0.5) is 0 Å². The van der Waals surface area contributed by atoms with Crippen LogP contribution in [0.5, 0.6) is 0 Å². The molecule has 2 aromatic heterocycles. The minimum absolute atomic E-state index is 0.0492. The van der Waals surface area contributed by atoms with Gasteiger partial charge in [0.05, 0.1) is 12.8 Å². The molecule has 4 aromatic rings. The van der Waals surface area contributed by atoms with Gasteiger partial charge in [0.15, 0.2) is 24.8 Å². The van der Waals surface area contributed by atoms with Crippen LogP contribution in [0.2, 0.25) is 10.0 Å². The maximum atomic E-state index is 12.4. The number of hydrogen-bond acceptors (Lipinski definition) is 2. The zero-order valence-corrected chi connectivity index (χ0v) is 18.6. The van der Waals surface area contributed by atoms with Crippen molar-refractivity contribution in [3.05, 3.63) is 119 Å². The molecule has 0 aliphatic heterocycles. The van der Waals surface area contributed by atoms with Crippen LogP contribution in [-0.4, -0.2) is 11.8 Å². The predicted molar refractivity (Wildman–Crippen MR) is 124 cm³/mol. The summed E-state index contributed by atoms with van der Waals surface area (Å²) in [6, 6.07) is 22.7. The number of pyridine rings is 2. The molecule has 0 amide bonds. The second kappa shape index (κ2) is 9.86. The van der Waals surface area contributed by atoms with Gasteiger partial charge in [-0.3, -0.25) is 0 Å². The average molecular weight is 463 g/mol. The molecule has 0 atom stereocenters. The monoisotopic (exact) mass is 462 g/mol. The second-order valence-corrected chi connectivity index (χ2v) is 8.27. The lowest BCUT2D eigenvalue weighted by molar-refractivity contribution is -0.574.